The molecule has 0 heterocycles. The summed E-state index contributed by atoms with van der Waals surface area (Å²) < 4.78 is 5.67. The largest absolute Gasteiger partial charge is 0.481 e. The first-order valence-electron chi connectivity index (χ1n) is 7.25. The number of carboxylic acids is 1. The van der Waals surface area contributed by atoms with Gasteiger partial charge in [-0.1, -0.05) is 33.1 Å². The summed E-state index contributed by atoms with van der Waals surface area (Å²) in [5, 5.41) is 8.98. The van der Waals surface area contributed by atoms with Gasteiger partial charge in [0.05, 0.1) is 5.41 Å². The summed E-state index contributed by atoms with van der Waals surface area (Å²) in [4.78, 5) is 10.9. The van der Waals surface area contributed by atoms with E-state index in [1.165, 1.54) is 25.7 Å². The van der Waals surface area contributed by atoms with E-state index >= 15 is 0 Å². The molecule has 0 radical (unpaired) electrons. The summed E-state index contributed by atoms with van der Waals surface area (Å²) in [7, 11) is 0. The normalized spacial score (nSPS) is 13.6. The van der Waals surface area contributed by atoms with Crippen LogP contribution in [0.4, 0.5) is 0 Å². The highest BCUT2D eigenvalue weighted by molar-refractivity contribution is 5.73. The predicted octanol–water partition coefficient (Wildman–Crippen LogP) is 4.11. The highest BCUT2D eigenvalue weighted by Crippen LogP contribution is 2.22. The van der Waals surface area contributed by atoms with Crippen molar-refractivity contribution in [1.29, 1.82) is 0 Å². The SMILES string of the molecule is CCCCC(CC)COCCCC(C)(C)C(=O)O. The number of carboxylic acid groups (broad SMARTS) is 1. The van der Waals surface area contributed by atoms with E-state index in [1.807, 2.05) is 0 Å². The molecule has 0 rings (SSSR count). The Balaban J connectivity index is 3.63. The van der Waals surface area contributed by atoms with Crippen molar-refractivity contribution in [2.75, 3.05) is 13.2 Å². The highest BCUT2D eigenvalue weighted by Gasteiger charge is 2.26. The third kappa shape index (κ3) is 7.70. The van der Waals surface area contributed by atoms with E-state index in [0.717, 1.165) is 13.0 Å². The molecular weight excluding hydrogens is 228 g/mol. The molecule has 0 fully saturated rings. The van der Waals surface area contributed by atoms with Crippen molar-refractivity contribution in [3.05, 3.63) is 0 Å². The Morgan fingerprint density at radius 3 is 2.44 bits per heavy atom. The quantitative estimate of drug-likeness (QED) is 0.567. The number of rotatable bonds is 11. The van der Waals surface area contributed by atoms with Crippen molar-refractivity contribution in [2.24, 2.45) is 11.3 Å². The predicted molar refractivity (Wildman–Crippen MR) is 74.8 cm³/mol. The molecule has 0 saturated heterocycles. The number of aliphatic carboxylic acids is 1. The van der Waals surface area contributed by atoms with Gasteiger partial charge >= 0.3 is 5.97 Å². The van der Waals surface area contributed by atoms with Gasteiger partial charge in [-0.25, -0.2) is 0 Å². The molecule has 3 heteroatoms. The van der Waals surface area contributed by atoms with Crippen LogP contribution in [0.1, 0.15) is 66.2 Å². The van der Waals surface area contributed by atoms with Gasteiger partial charge in [0.2, 0.25) is 0 Å². The molecule has 0 saturated carbocycles. The van der Waals surface area contributed by atoms with Crippen molar-refractivity contribution < 1.29 is 14.6 Å². The van der Waals surface area contributed by atoms with Crippen LogP contribution in [0.5, 0.6) is 0 Å². The van der Waals surface area contributed by atoms with Gasteiger partial charge in [-0.3, -0.25) is 4.79 Å². The van der Waals surface area contributed by atoms with E-state index in [0.29, 0.717) is 18.9 Å². The second kappa shape index (κ2) is 9.37. The smallest absolute Gasteiger partial charge is 0.309 e. The van der Waals surface area contributed by atoms with Crippen LogP contribution in [0.25, 0.3) is 0 Å². The third-order valence-electron chi connectivity index (χ3n) is 3.57. The van der Waals surface area contributed by atoms with E-state index in [2.05, 4.69) is 13.8 Å². The van der Waals surface area contributed by atoms with Crippen molar-refractivity contribution in [1.82, 2.24) is 0 Å². The second-order valence-corrected chi connectivity index (χ2v) is 5.78. The molecule has 0 bridgehead atoms. The van der Waals surface area contributed by atoms with E-state index in [1.54, 1.807) is 13.8 Å². The number of hydrogen-bond donors (Lipinski definition) is 1. The number of ether oxygens (including phenoxy) is 1. The average Bonchev–Trinajstić information content (AvgIpc) is 2.32. The Hall–Kier alpha value is -0.570. The maximum atomic E-state index is 10.9. The fourth-order valence-electron chi connectivity index (χ4n) is 1.87. The molecule has 0 aliphatic carbocycles. The molecule has 108 valence electrons. The minimum atomic E-state index is -0.725. The Kier molecular flexibility index (Phi) is 9.08. The van der Waals surface area contributed by atoms with Gasteiger partial charge in [0.15, 0.2) is 0 Å². The zero-order chi connectivity index (χ0) is 14.0. The Morgan fingerprint density at radius 2 is 1.94 bits per heavy atom. The Bertz CT molecular complexity index is 224. The van der Waals surface area contributed by atoms with E-state index in [4.69, 9.17) is 9.84 Å². The minimum Gasteiger partial charge on any atom is -0.481 e. The van der Waals surface area contributed by atoms with E-state index < -0.39 is 11.4 Å². The van der Waals surface area contributed by atoms with Crippen LogP contribution in [0.2, 0.25) is 0 Å². The summed E-state index contributed by atoms with van der Waals surface area (Å²) in [6.07, 6.45) is 6.42. The van der Waals surface area contributed by atoms with Gasteiger partial charge in [0.1, 0.15) is 0 Å². The highest BCUT2D eigenvalue weighted by atomic mass is 16.5. The lowest BCUT2D eigenvalue weighted by Gasteiger charge is -2.19. The first-order chi connectivity index (χ1) is 8.44. The van der Waals surface area contributed by atoms with Gasteiger partial charge < -0.3 is 9.84 Å². The van der Waals surface area contributed by atoms with Crippen LogP contribution in [0, 0.1) is 11.3 Å². The molecular formula is C15H30O3. The van der Waals surface area contributed by atoms with E-state index in [9.17, 15) is 4.79 Å². The van der Waals surface area contributed by atoms with Crippen LogP contribution in [-0.2, 0) is 9.53 Å². The molecule has 0 aromatic carbocycles. The lowest BCUT2D eigenvalue weighted by Crippen LogP contribution is -2.24. The monoisotopic (exact) mass is 258 g/mol. The van der Waals surface area contributed by atoms with Gasteiger partial charge in [-0.2, -0.15) is 0 Å². The zero-order valence-electron chi connectivity index (χ0n) is 12.5. The number of carbonyl (C=O) groups is 1. The van der Waals surface area contributed by atoms with Crippen LogP contribution >= 0.6 is 0 Å². The number of unbranched alkanes of at least 4 members (excludes halogenated alkanes) is 1. The molecule has 1 atom stereocenters. The van der Waals surface area contributed by atoms with E-state index in [-0.39, 0.29) is 0 Å². The molecule has 0 spiro atoms. The molecule has 3 nitrogen and oxygen atoms in total. The molecule has 0 aliphatic rings. The Morgan fingerprint density at radius 1 is 1.28 bits per heavy atom. The van der Waals surface area contributed by atoms with Gasteiger partial charge in [0.25, 0.3) is 0 Å². The van der Waals surface area contributed by atoms with Gasteiger partial charge in [-0.15, -0.1) is 0 Å². The lowest BCUT2D eigenvalue weighted by molar-refractivity contribution is -0.147. The first-order valence-corrected chi connectivity index (χ1v) is 7.25. The van der Waals surface area contributed by atoms with Crippen LogP contribution < -0.4 is 0 Å². The maximum Gasteiger partial charge on any atom is 0.309 e. The molecule has 1 unspecified atom stereocenters. The van der Waals surface area contributed by atoms with Crippen LogP contribution in [0.3, 0.4) is 0 Å². The molecule has 0 aromatic rings. The van der Waals surface area contributed by atoms with Crippen molar-refractivity contribution in [3.63, 3.8) is 0 Å². The molecule has 1 N–H and O–H groups in total. The zero-order valence-corrected chi connectivity index (χ0v) is 12.5. The van der Waals surface area contributed by atoms with Gasteiger partial charge in [-0.05, 0) is 39.0 Å². The minimum absolute atomic E-state index is 0.629. The lowest BCUT2D eigenvalue weighted by atomic mass is 9.88. The molecule has 0 aliphatic heterocycles. The van der Waals surface area contributed by atoms with Crippen molar-refractivity contribution >= 4 is 5.97 Å². The Labute approximate surface area is 112 Å². The summed E-state index contributed by atoms with van der Waals surface area (Å²) in [5.74, 6) is -0.0608. The van der Waals surface area contributed by atoms with Gasteiger partial charge in [0, 0.05) is 13.2 Å². The summed E-state index contributed by atoms with van der Waals surface area (Å²) in [6.45, 7) is 9.46. The van der Waals surface area contributed by atoms with Crippen LogP contribution in [0.15, 0.2) is 0 Å². The molecule has 0 amide bonds. The fraction of sp³-hybridized carbons (Fsp3) is 0.933. The second-order valence-electron chi connectivity index (χ2n) is 5.78. The first kappa shape index (κ1) is 17.4. The van der Waals surface area contributed by atoms with Crippen molar-refractivity contribution in [2.45, 2.75) is 66.2 Å². The molecule has 0 aromatic heterocycles. The summed E-state index contributed by atoms with van der Waals surface area (Å²) in [5.41, 5.74) is -0.629. The summed E-state index contributed by atoms with van der Waals surface area (Å²) >= 11 is 0. The third-order valence-corrected chi connectivity index (χ3v) is 3.57. The summed E-state index contributed by atoms with van der Waals surface area (Å²) in [6, 6.07) is 0. The molecule has 18 heavy (non-hydrogen) atoms. The average molecular weight is 258 g/mol. The number of hydrogen-bond acceptors (Lipinski definition) is 2. The fourth-order valence-corrected chi connectivity index (χ4v) is 1.87. The van der Waals surface area contributed by atoms with Crippen molar-refractivity contribution in [3.8, 4) is 0 Å². The maximum absolute atomic E-state index is 10.9. The van der Waals surface area contributed by atoms with Crippen LogP contribution in [-0.4, -0.2) is 24.3 Å². The topological polar surface area (TPSA) is 46.5 Å². The standard InChI is InChI=1S/C15H30O3/c1-5-7-9-13(6-2)12-18-11-8-10-15(3,4)14(16)17/h13H,5-12H2,1-4H3,(H,16,17).